The number of benzene rings is 15. The van der Waals surface area contributed by atoms with Crippen molar-refractivity contribution in [3.05, 3.63) is 388 Å². The van der Waals surface area contributed by atoms with E-state index >= 15 is 0 Å². The van der Waals surface area contributed by atoms with Gasteiger partial charge in [-0.1, -0.05) is 395 Å². The zero-order valence-electron chi connectivity index (χ0n) is 80.8. The molecule has 6 N–H and O–H groups in total. The lowest BCUT2D eigenvalue weighted by atomic mass is 9.68. The zero-order valence-corrected chi connectivity index (χ0v) is 80.8. The van der Waals surface area contributed by atoms with Crippen LogP contribution in [0.2, 0.25) is 0 Å². The maximum absolute atomic E-state index is 10.5. The number of aryl methyl sites for hydroxylation is 3. The molecule has 0 spiro atoms. The second-order valence-corrected chi connectivity index (χ2v) is 30.8. The van der Waals surface area contributed by atoms with Crippen molar-refractivity contribution < 1.29 is 40.1 Å². The molecule has 1 aliphatic carbocycles. The fourth-order valence-electron chi connectivity index (χ4n) is 14.3. The van der Waals surface area contributed by atoms with Crippen molar-refractivity contribution in [3.63, 3.8) is 0 Å². The van der Waals surface area contributed by atoms with E-state index in [1.807, 2.05) is 166 Å². The fraction of sp³-hybridized carbons (Fsp3) is 0.311. The number of ether oxygens (including phenoxy) is 2. The number of phenols is 6. The van der Waals surface area contributed by atoms with Crippen molar-refractivity contribution in [2.45, 2.75) is 234 Å². The Labute approximate surface area is 764 Å². The van der Waals surface area contributed by atoms with Crippen LogP contribution in [0.15, 0.2) is 315 Å². The summed E-state index contributed by atoms with van der Waals surface area (Å²) in [6, 6.07) is 105. The van der Waals surface area contributed by atoms with Gasteiger partial charge in [-0.05, 0) is 263 Å². The molecule has 0 bridgehead atoms. The first-order chi connectivity index (χ1) is 61.6. The number of para-hydroxylation sites is 1. The molecule has 1 aliphatic heterocycles. The summed E-state index contributed by atoms with van der Waals surface area (Å²) in [6.45, 7) is 49.4. The van der Waals surface area contributed by atoms with Crippen LogP contribution in [0.25, 0.3) is 54.2 Å². The third-order valence-electron chi connectivity index (χ3n) is 20.7. The van der Waals surface area contributed by atoms with Crippen LogP contribution in [0.1, 0.15) is 261 Å². The van der Waals surface area contributed by atoms with Crippen LogP contribution in [-0.2, 0) is 23.0 Å². The normalized spacial score (nSPS) is 11.9. The van der Waals surface area contributed by atoms with Gasteiger partial charge in [-0.2, -0.15) is 0 Å². The Kier molecular flexibility index (Phi) is 49.8. The van der Waals surface area contributed by atoms with Crippen LogP contribution in [0, 0.1) is 20.8 Å². The highest BCUT2D eigenvalue weighted by Gasteiger charge is 2.46. The van der Waals surface area contributed by atoms with Crippen molar-refractivity contribution in [2.75, 3.05) is 13.2 Å². The standard InChI is InChI=1S/C25H18O2.C25H24O.C22H18O.C10H12O2.C10H14O.C7H8O.4C3H8.4C2H6/c26-19-13-9-17(10-14-19)25(18-11-15-20(27)16-12-18)23-7-3-1-5-21(23)22-6-2-4-8-24(22)25;1-3-17(2)18-12-13-25(26)21(14-18)16-24-22-10-6-4-8-19(22)15-20-9-5-7-11-23(20)24;1-15-12-19(23)11-10-16(15)14-22-20-8-4-2-6-17(20)13-18-7-3-5-9-21(18)22;1-8-4-2-3-5-10(8)12-7-9-6-11-9;1-3-8(2)9-4-6-10(11)7-5-9;1-6-3-2-4-7(8)5-6;4*1-3-2;4*1-2/h1-16,26-27H;4-15,17,26H,3,16H2,1-2H3;2-13,23H,14H2,1H3;2-5,9H,6-7H2,1H3;4-8,11H,3H2,1-2H3;2-5,8H,1H3;4*3H2,1-2H3;4*1-2H3. The number of hydrogen-bond donors (Lipinski definition) is 6. The zero-order chi connectivity index (χ0) is 93.8. The van der Waals surface area contributed by atoms with E-state index in [2.05, 4.69) is 254 Å². The van der Waals surface area contributed by atoms with Crippen LogP contribution in [-0.4, -0.2) is 50.0 Å². The first-order valence-corrected chi connectivity index (χ1v) is 46.7. The molecule has 0 aromatic heterocycles. The Morgan fingerprint density at radius 1 is 0.331 bits per heavy atom. The highest BCUT2D eigenvalue weighted by Crippen LogP contribution is 2.56. The van der Waals surface area contributed by atoms with Gasteiger partial charge in [0.25, 0.3) is 0 Å². The molecule has 2 aliphatic rings. The largest absolute Gasteiger partial charge is 0.508 e. The Morgan fingerprint density at radius 2 is 0.677 bits per heavy atom. The highest BCUT2D eigenvalue weighted by molar-refractivity contribution is 6.04. The van der Waals surface area contributed by atoms with Gasteiger partial charge < -0.3 is 40.1 Å². The van der Waals surface area contributed by atoms with Gasteiger partial charge >= 0.3 is 0 Å². The molecule has 1 heterocycles. The van der Waals surface area contributed by atoms with Crippen molar-refractivity contribution in [3.8, 4) is 51.4 Å². The first kappa shape index (κ1) is 107. The fourth-order valence-corrected chi connectivity index (χ4v) is 14.3. The van der Waals surface area contributed by atoms with Crippen molar-refractivity contribution in [1.29, 1.82) is 0 Å². The molecule has 674 valence electrons. The first-order valence-electron chi connectivity index (χ1n) is 46.7. The minimum absolute atomic E-state index is 0.249. The molecular weight excluding hydrogens is 1560 g/mol. The number of epoxide rings is 1. The Balaban J connectivity index is 0.000000317. The predicted octanol–water partition coefficient (Wildman–Crippen LogP) is 34.0. The lowest BCUT2D eigenvalue weighted by Crippen LogP contribution is -2.28. The highest BCUT2D eigenvalue weighted by atomic mass is 16.6. The summed E-state index contributed by atoms with van der Waals surface area (Å²) >= 11 is 0. The smallest absolute Gasteiger partial charge is 0.122 e. The SMILES string of the molecule is CC.CC.CC.CC.CCC.CCC.CCC.CCC.CCC(C)c1ccc(O)c(Cc2c3ccccc3cc3ccccc23)c1.CCC(C)c1ccc(O)cc1.Cc1cc(O)ccc1Cc1c2ccccc2cc2ccccc12.Cc1cccc(O)c1.Cc1ccccc1OCC1CO1.Oc1ccc(C2(c3ccc(O)cc3)c3ccccc3-c3ccccc32)cc1. The number of phenolic OH excluding ortho intramolecular Hbond substituents is 6. The van der Waals surface area contributed by atoms with E-state index in [1.54, 1.807) is 54.6 Å². The summed E-state index contributed by atoms with van der Waals surface area (Å²) < 4.78 is 10.6. The van der Waals surface area contributed by atoms with Gasteiger partial charge in [-0.25, -0.2) is 0 Å². The van der Waals surface area contributed by atoms with E-state index in [0.29, 0.717) is 47.5 Å². The van der Waals surface area contributed by atoms with Gasteiger partial charge in [0.2, 0.25) is 0 Å². The number of hydrogen-bond acceptors (Lipinski definition) is 8. The van der Waals surface area contributed by atoms with Gasteiger partial charge in [-0.3, -0.25) is 0 Å². The van der Waals surface area contributed by atoms with Gasteiger partial charge in [0.1, 0.15) is 53.0 Å². The lowest BCUT2D eigenvalue weighted by molar-refractivity contribution is 0.262. The average molecular weight is 1710 g/mol. The summed E-state index contributed by atoms with van der Waals surface area (Å²) in [5.74, 6) is 3.95. The molecule has 8 nitrogen and oxygen atoms in total. The van der Waals surface area contributed by atoms with E-state index in [-0.39, 0.29) is 11.5 Å². The Hall–Kier alpha value is -12.1. The quantitative estimate of drug-likeness (QED) is 0.0495. The molecule has 0 amide bonds. The molecule has 1 saturated heterocycles. The molecule has 3 unspecified atom stereocenters. The lowest BCUT2D eigenvalue weighted by Gasteiger charge is -2.33. The number of aromatic hydroxyl groups is 6. The molecule has 8 heteroatoms. The molecule has 15 aromatic carbocycles. The minimum Gasteiger partial charge on any atom is -0.508 e. The summed E-state index contributed by atoms with van der Waals surface area (Å²) in [4.78, 5) is 0. The van der Waals surface area contributed by atoms with Crippen LogP contribution < -0.4 is 4.74 Å². The van der Waals surface area contributed by atoms with Crippen molar-refractivity contribution >= 4 is 43.1 Å². The van der Waals surface area contributed by atoms with Crippen molar-refractivity contribution in [2.24, 2.45) is 0 Å². The van der Waals surface area contributed by atoms with E-state index in [9.17, 15) is 20.4 Å². The van der Waals surface area contributed by atoms with E-state index in [0.717, 1.165) is 65.9 Å². The Bertz CT molecular complexity index is 5340. The van der Waals surface area contributed by atoms with Crippen LogP contribution in [0.3, 0.4) is 0 Å². The average Bonchev–Trinajstić information content (AvgIpc) is 1.54. The predicted molar refractivity (Wildman–Crippen MR) is 551 cm³/mol. The van der Waals surface area contributed by atoms with Gasteiger partial charge in [0.15, 0.2) is 0 Å². The van der Waals surface area contributed by atoms with E-state index in [4.69, 9.17) is 19.7 Å². The van der Waals surface area contributed by atoms with E-state index < -0.39 is 5.41 Å². The molecule has 127 heavy (non-hydrogen) atoms. The van der Waals surface area contributed by atoms with Gasteiger partial charge in [-0.15, -0.1) is 0 Å². The maximum Gasteiger partial charge on any atom is 0.122 e. The third-order valence-corrected chi connectivity index (χ3v) is 20.7. The summed E-state index contributed by atoms with van der Waals surface area (Å²) in [6.07, 6.45) is 9.18. The summed E-state index contributed by atoms with van der Waals surface area (Å²) in [7, 11) is 0. The van der Waals surface area contributed by atoms with Crippen LogP contribution in [0.5, 0.6) is 40.2 Å². The van der Waals surface area contributed by atoms with Crippen LogP contribution in [0.4, 0.5) is 0 Å². The number of rotatable bonds is 13. The molecule has 0 radical (unpaired) electrons. The Morgan fingerprint density at radius 3 is 1.06 bits per heavy atom. The minimum atomic E-state index is -0.491. The molecule has 1 fully saturated rings. The van der Waals surface area contributed by atoms with E-state index in [1.165, 1.54) is 124 Å². The second kappa shape index (κ2) is 59.0. The monoisotopic (exact) mass is 1710 g/mol. The second-order valence-electron chi connectivity index (χ2n) is 30.8. The molecule has 0 saturated carbocycles. The summed E-state index contributed by atoms with van der Waals surface area (Å²) in [5.41, 5.74) is 17.4. The molecule has 3 atom stereocenters. The van der Waals surface area contributed by atoms with Gasteiger partial charge in [0, 0.05) is 6.42 Å². The third kappa shape index (κ3) is 32.1. The molecule has 15 aromatic rings. The van der Waals surface area contributed by atoms with Crippen molar-refractivity contribution in [1.82, 2.24) is 0 Å². The maximum atomic E-state index is 10.5. The van der Waals surface area contributed by atoms with Gasteiger partial charge in [0.05, 0.1) is 12.0 Å². The molecular formula is C119H150O8. The van der Waals surface area contributed by atoms with Crippen LogP contribution >= 0.6 is 0 Å². The number of fused-ring (bicyclic) bond motifs is 7. The summed E-state index contributed by atoms with van der Waals surface area (Å²) in [5, 5.41) is 67.8. The molecule has 17 rings (SSSR count). The topological polar surface area (TPSA) is 143 Å².